The summed E-state index contributed by atoms with van der Waals surface area (Å²) in [4.78, 5) is 12.1. The summed E-state index contributed by atoms with van der Waals surface area (Å²) < 4.78 is 7.40. The van der Waals surface area contributed by atoms with E-state index in [1.165, 1.54) is 18.4 Å². The molecule has 2 saturated carbocycles. The van der Waals surface area contributed by atoms with Gasteiger partial charge in [-0.05, 0) is 42.9 Å². The molecule has 28 heavy (non-hydrogen) atoms. The molecule has 3 N–H and O–H groups in total. The van der Waals surface area contributed by atoms with E-state index in [4.69, 9.17) is 10.5 Å². The van der Waals surface area contributed by atoms with Crippen molar-refractivity contribution in [2.45, 2.75) is 61.7 Å². The fourth-order valence-electron chi connectivity index (χ4n) is 7.28. The van der Waals surface area contributed by atoms with Crippen molar-refractivity contribution in [1.29, 1.82) is 0 Å². The lowest BCUT2D eigenvalue weighted by atomic mass is 9.48. The molecule has 2 unspecified atom stereocenters. The molecule has 0 aromatic heterocycles. The van der Waals surface area contributed by atoms with Gasteiger partial charge in [-0.1, -0.05) is 12.6 Å². The van der Waals surface area contributed by atoms with Gasteiger partial charge in [-0.2, -0.15) is 0 Å². The molecule has 5 aliphatic rings. The molecule has 2 aliphatic heterocycles. The summed E-state index contributed by atoms with van der Waals surface area (Å²) in [7, 11) is 2.35. The predicted octanol–water partition coefficient (Wildman–Crippen LogP) is 2.05. The number of aliphatic hydroxyl groups is 1. The number of rotatable bonds is 3. The van der Waals surface area contributed by atoms with E-state index in [0.29, 0.717) is 11.3 Å². The molecule has 1 saturated heterocycles. The first-order chi connectivity index (χ1) is 13.3. The highest BCUT2D eigenvalue weighted by Crippen LogP contribution is 2.66. The molecule has 1 amide bonds. The number of piperidine rings is 1. The molecule has 1 spiro atoms. The molecule has 6 rings (SSSR count). The van der Waals surface area contributed by atoms with Crippen LogP contribution < -0.4 is 10.5 Å². The first kappa shape index (κ1) is 17.0. The molecule has 1 aromatic carbocycles. The maximum Gasteiger partial charge on any atom is 0.252 e. The lowest BCUT2D eigenvalue weighted by Crippen LogP contribution is -2.80. The van der Waals surface area contributed by atoms with Crippen molar-refractivity contribution in [2.75, 3.05) is 20.1 Å². The van der Waals surface area contributed by atoms with E-state index < -0.39 is 16.9 Å². The van der Waals surface area contributed by atoms with Crippen LogP contribution in [0.5, 0.6) is 5.75 Å². The van der Waals surface area contributed by atoms with Crippen LogP contribution in [-0.4, -0.2) is 53.4 Å². The van der Waals surface area contributed by atoms with Crippen LogP contribution in [0.2, 0.25) is 0 Å². The van der Waals surface area contributed by atoms with Crippen molar-refractivity contribution in [3.63, 3.8) is 0 Å². The van der Waals surface area contributed by atoms with Gasteiger partial charge in [0.15, 0.2) is 0 Å². The highest BCUT2D eigenvalue weighted by atomic mass is 16.5. The van der Waals surface area contributed by atoms with Gasteiger partial charge in [0.2, 0.25) is 0 Å². The SMILES string of the molecule is C=C1CC[C@@]2(O)[C@H]3Cc4ccc(C(N)=O)c5c4[C@@]2(CC[N+]3(C)CC2CC2)C1O5. The van der Waals surface area contributed by atoms with Crippen LogP contribution in [-0.2, 0) is 11.8 Å². The molecule has 148 valence electrons. The molecule has 0 radical (unpaired) electrons. The number of amides is 1. The molecule has 2 bridgehead atoms. The lowest BCUT2D eigenvalue weighted by molar-refractivity contribution is -0.950. The number of primary amides is 1. The van der Waals surface area contributed by atoms with Crippen molar-refractivity contribution in [1.82, 2.24) is 0 Å². The molecular formula is C23H29N2O3+. The summed E-state index contributed by atoms with van der Waals surface area (Å²) >= 11 is 0. The second-order valence-corrected chi connectivity index (χ2v) is 10.2. The number of ether oxygens (including phenoxy) is 1. The molecule has 5 atom stereocenters. The zero-order valence-corrected chi connectivity index (χ0v) is 16.5. The summed E-state index contributed by atoms with van der Waals surface area (Å²) in [6, 6.07) is 4.04. The van der Waals surface area contributed by atoms with Gasteiger partial charge in [0.05, 0.1) is 31.1 Å². The van der Waals surface area contributed by atoms with Crippen molar-refractivity contribution in [3.8, 4) is 5.75 Å². The predicted molar refractivity (Wildman–Crippen MR) is 105 cm³/mol. The van der Waals surface area contributed by atoms with Crippen LogP contribution in [0, 0.1) is 5.92 Å². The molecular weight excluding hydrogens is 352 g/mol. The quantitative estimate of drug-likeness (QED) is 0.622. The second kappa shape index (κ2) is 5.00. The van der Waals surface area contributed by atoms with Crippen LogP contribution in [0.15, 0.2) is 24.3 Å². The van der Waals surface area contributed by atoms with Gasteiger partial charge in [-0.3, -0.25) is 4.79 Å². The Bertz CT molecular complexity index is 938. The fraction of sp³-hybridized carbons (Fsp3) is 0.609. The van der Waals surface area contributed by atoms with Crippen molar-refractivity contribution >= 4 is 5.91 Å². The average Bonchev–Trinajstić information content (AvgIpc) is 3.37. The van der Waals surface area contributed by atoms with Gasteiger partial charge in [0, 0.05) is 24.3 Å². The molecule has 3 fully saturated rings. The van der Waals surface area contributed by atoms with Gasteiger partial charge in [-0.15, -0.1) is 0 Å². The number of carbonyl (C=O) groups is 1. The number of quaternary nitrogens is 1. The molecule has 1 aromatic rings. The molecule has 2 heterocycles. The topological polar surface area (TPSA) is 72.5 Å². The Balaban J connectivity index is 1.60. The monoisotopic (exact) mass is 381 g/mol. The molecule has 5 heteroatoms. The van der Waals surface area contributed by atoms with E-state index in [1.54, 1.807) is 0 Å². The first-order valence-corrected chi connectivity index (χ1v) is 10.7. The number of likely N-dealkylation sites (N-methyl/N-ethyl adjacent to an activating group) is 1. The van der Waals surface area contributed by atoms with Gasteiger partial charge < -0.3 is 20.1 Å². The average molecular weight is 381 g/mol. The van der Waals surface area contributed by atoms with Crippen molar-refractivity contribution in [3.05, 3.63) is 41.0 Å². The number of carbonyl (C=O) groups excluding carboxylic acids is 1. The van der Waals surface area contributed by atoms with Crippen molar-refractivity contribution in [2.24, 2.45) is 11.7 Å². The summed E-state index contributed by atoms with van der Waals surface area (Å²) in [6.45, 7) is 6.51. The largest absolute Gasteiger partial charge is 0.484 e. The van der Waals surface area contributed by atoms with E-state index in [0.717, 1.165) is 60.3 Å². The Morgan fingerprint density at radius 1 is 1.39 bits per heavy atom. The van der Waals surface area contributed by atoms with Crippen LogP contribution in [0.3, 0.4) is 0 Å². The third-order valence-corrected chi connectivity index (χ3v) is 8.72. The summed E-state index contributed by atoms with van der Waals surface area (Å²) in [5, 5.41) is 12.4. The van der Waals surface area contributed by atoms with E-state index >= 15 is 0 Å². The minimum absolute atomic E-state index is 0.166. The number of nitrogens with two attached hydrogens (primary N) is 1. The maximum atomic E-state index is 12.4. The third-order valence-electron chi connectivity index (χ3n) is 8.72. The highest BCUT2D eigenvalue weighted by Gasteiger charge is 2.75. The maximum absolute atomic E-state index is 12.4. The minimum Gasteiger partial charge on any atom is -0.484 e. The van der Waals surface area contributed by atoms with E-state index in [9.17, 15) is 9.90 Å². The Morgan fingerprint density at radius 3 is 2.89 bits per heavy atom. The number of likely N-dealkylation sites (tertiary alicyclic amines) is 1. The number of hydrogen-bond donors (Lipinski definition) is 2. The smallest absolute Gasteiger partial charge is 0.252 e. The van der Waals surface area contributed by atoms with Gasteiger partial charge in [-0.25, -0.2) is 0 Å². The van der Waals surface area contributed by atoms with Crippen LogP contribution in [0.25, 0.3) is 0 Å². The Hall–Kier alpha value is -1.85. The van der Waals surface area contributed by atoms with E-state index in [-0.39, 0.29) is 12.1 Å². The zero-order chi connectivity index (χ0) is 19.5. The summed E-state index contributed by atoms with van der Waals surface area (Å²) in [5.41, 5.74) is 8.14. The normalized spacial score (nSPS) is 42.7. The van der Waals surface area contributed by atoms with E-state index in [1.807, 2.05) is 6.07 Å². The molecule has 3 aliphatic carbocycles. The fourth-order valence-corrected chi connectivity index (χ4v) is 7.28. The van der Waals surface area contributed by atoms with Gasteiger partial charge in [0.25, 0.3) is 5.91 Å². The van der Waals surface area contributed by atoms with Crippen LogP contribution >= 0.6 is 0 Å². The lowest BCUT2D eigenvalue weighted by Gasteiger charge is -2.65. The van der Waals surface area contributed by atoms with E-state index in [2.05, 4.69) is 19.7 Å². The highest BCUT2D eigenvalue weighted by molar-refractivity contribution is 5.97. The zero-order valence-electron chi connectivity index (χ0n) is 16.5. The van der Waals surface area contributed by atoms with Crippen LogP contribution in [0.4, 0.5) is 0 Å². The van der Waals surface area contributed by atoms with Gasteiger partial charge >= 0.3 is 0 Å². The first-order valence-electron chi connectivity index (χ1n) is 10.7. The summed E-state index contributed by atoms with van der Waals surface area (Å²) in [5.74, 6) is 0.966. The van der Waals surface area contributed by atoms with Crippen LogP contribution in [0.1, 0.15) is 53.6 Å². The summed E-state index contributed by atoms with van der Waals surface area (Å²) in [6.07, 6.45) is 5.62. The Kier molecular flexibility index (Phi) is 3.05. The Morgan fingerprint density at radius 2 is 2.18 bits per heavy atom. The number of nitrogens with zero attached hydrogens (tertiary/aromatic N) is 1. The standard InChI is InChI=1S/C23H28N2O3/c1-13-7-8-23(27)17-11-15-5-6-16(21(24)26)19-18(15)22(23,20(13)28-19)9-10-25(17,2)12-14-3-4-14/h5-6,14,17,20,27H,1,3-4,7-12H2,2H3,(H-,24,26)/p+1/t17-,20?,22+,23-,25?/m1/s1. The van der Waals surface area contributed by atoms with Crippen molar-refractivity contribution < 1.29 is 19.1 Å². The van der Waals surface area contributed by atoms with Gasteiger partial charge in [0.1, 0.15) is 23.5 Å². The molecule has 5 nitrogen and oxygen atoms in total. The number of benzene rings is 1. The third kappa shape index (κ3) is 1.79. The number of hydrogen-bond acceptors (Lipinski definition) is 3. The Labute approximate surface area is 165 Å². The second-order valence-electron chi connectivity index (χ2n) is 10.2. The minimum atomic E-state index is -0.824.